The molecule has 11 rings (SSSR count). The van der Waals surface area contributed by atoms with E-state index < -0.39 is 0 Å². The average Bonchev–Trinajstić information content (AvgIpc) is 3.75. The number of rotatable bonds is 4. The minimum absolute atomic E-state index is 0.198. The Kier molecular flexibility index (Phi) is 23.9. The third-order valence-corrected chi connectivity index (χ3v) is 15.3. The zero-order valence-electron chi connectivity index (χ0n) is 50.3. The highest BCUT2D eigenvalue weighted by atomic mass is 16.6. The van der Waals surface area contributed by atoms with Crippen LogP contribution in [0.2, 0.25) is 0 Å². The lowest BCUT2D eigenvalue weighted by atomic mass is 9.91. The van der Waals surface area contributed by atoms with Crippen LogP contribution in [0, 0.1) is 0 Å². The van der Waals surface area contributed by atoms with Gasteiger partial charge >= 0.3 is 0 Å². The van der Waals surface area contributed by atoms with Crippen LogP contribution in [0.25, 0.3) is 44.5 Å². The summed E-state index contributed by atoms with van der Waals surface area (Å²) in [5.41, 5.74) is 15.6. The van der Waals surface area contributed by atoms with Gasteiger partial charge in [-0.2, -0.15) is 0 Å². The van der Waals surface area contributed by atoms with Gasteiger partial charge in [-0.05, 0) is 115 Å². The van der Waals surface area contributed by atoms with Crippen molar-refractivity contribution in [2.24, 2.45) is 0 Å². The maximum absolute atomic E-state index is 7.10. The lowest BCUT2D eigenvalue weighted by Gasteiger charge is -2.23. The van der Waals surface area contributed by atoms with Gasteiger partial charge < -0.3 is 66.3 Å². The van der Waals surface area contributed by atoms with Gasteiger partial charge in [-0.15, -0.1) is 0 Å². The molecule has 0 unspecified atom stereocenters. The van der Waals surface area contributed by atoms with E-state index >= 15 is 0 Å². The first-order valence-electron chi connectivity index (χ1n) is 30.8. The zero-order chi connectivity index (χ0) is 59.6. The molecule has 8 aromatic rings. The monoisotopic (exact) mass is 1190 g/mol. The molecule has 0 N–H and O–H groups in total. The molecule has 0 amide bonds. The van der Waals surface area contributed by atoms with Crippen molar-refractivity contribution in [1.29, 1.82) is 0 Å². The molecule has 88 heavy (non-hydrogen) atoms. The fourth-order valence-electron chi connectivity index (χ4n) is 11.2. The molecule has 0 saturated heterocycles. The third-order valence-electron chi connectivity index (χ3n) is 15.3. The van der Waals surface area contributed by atoms with Crippen LogP contribution in [-0.4, -0.2) is 132 Å². The molecule has 8 aromatic carbocycles. The van der Waals surface area contributed by atoms with Gasteiger partial charge in [0.05, 0.1) is 132 Å². The Hall–Kier alpha value is -7.44. The molecule has 0 aromatic heterocycles. The molecule has 0 saturated carbocycles. The fraction of sp³-hybridized carbons (Fsp3) is 0.351. The fourth-order valence-corrected chi connectivity index (χ4v) is 11.2. The molecule has 3 aliphatic rings. The Balaban J connectivity index is 1.13. The van der Waals surface area contributed by atoms with Gasteiger partial charge in [-0.3, -0.25) is 0 Å². The maximum atomic E-state index is 7.10. The molecule has 3 heterocycles. The summed E-state index contributed by atoms with van der Waals surface area (Å²) in [6.45, 7) is 8.14. The minimum Gasteiger partial charge on any atom is -0.491 e. The second-order valence-electron chi connectivity index (χ2n) is 21.6. The smallest absolute Gasteiger partial charge is 0.128 e. The summed E-state index contributed by atoms with van der Waals surface area (Å²) in [5.74, 6) is 2.83. The summed E-state index contributed by atoms with van der Waals surface area (Å²) >= 11 is 0. The summed E-state index contributed by atoms with van der Waals surface area (Å²) in [7, 11) is 0. The van der Waals surface area contributed by atoms with Gasteiger partial charge in [-0.25, -0.2) is 0 Å². The standard InChI is InChI=1S/C74H80O14/c1-5-13-55(14-6-1)59-41-63-49-64-42-60(56-15-7-2-8-16-56)46-69-53-84-54-70-48-62(58-19-11-4-12-20-58)44-66-50-65-43-61(57-17-9-3-10-18-57)47-68(73(65)87-39-35-81-31-27-78-24-23-76-26-30-80-34-38-86-72(64)69)52-83-51-67(45-59)71(63)85-37-33-79-29-25-75-21-22-77-28-32-82-36-40-88-74(66)70/h1-20,41-48H,21-40,49-54H2. The molecule has 0 fully saturated rings. The predicted octanol–water partition coefficient (Wildman–Crippen LogP) is 13.0. The van der Waals surface area contributed by atoms with E-state index in [9.17, 15) is 0 Å². The highest BCUT2D eigenvalue weighted by Crippen LogP contribution is 2.42. The Morgan fingerprint density at radius 3 is 0.557 bits per heavy atom. The van der Waals surface area contributed by atoms with E-state index in [2.05, 4.69) is 146 Å². The number of hydrogen-bond acceptors (Lipinski definition) is 14. The molecule has 460 valence electrons. The van der Waals surface area contributed by atoms with Crippen molar-refractivity contribution in [3.05, 3.63) is 214 Å². The minimum atomic E-state index is 0.198. The van der Waals surface area contributed by atoms with E-state index in [1.54, 1.807) is 0 Å². The summed E-state index contributed by atoms with van der Waals surface area (Å²) in [6, 6.07) is 59.5. The second kappa shape index (κ2) is 33.8. The lowest BCUT2D eigenvalue weighted by molar-refractivity contribution is -0.00725. The van der Waals surface area contributed by atoms with Crippen LogP contribution < -0.4 is 18.9 Å². The molecule has 12 bridgehead atoms. The normalized spacial score (nSPS) is 17.2. The molecule has 0 atom stereocenters. The Labute approximate surface area is 517 Å². The van der Waals surface area contributed by atoms with E-state index in [0.717, 1.165) is 89.0 Å². The van der Waals surface area contributed by atoms with Crippen LogP contribution in [0.5, 0.6) is 23.0 Å². The SMILES string of the molecule is c1ccc(-c2cc3c4c(c2)Cc2cc(-c5ccccc5)cc5c2OCCOCCOCCOCCOCCOc2c(cc(-c6ccccc6)cc2Cc2cc(-c6ccccc6)cc(c2OCCOCCOCCOCCOCCO4)COC5)COC3)cc1. The second-order valence-corrected chi connectivity index (χ2v) is 21.6. The highest BCUT2D eigenvalue weighted by molar-refractivity contribution is 5.73. The topological polar surface area (TPSA) is 129 Å². The van der Waals surface area contributed by atoms with Gasteiger partial charge in [0, 0.05) is 35.1 Å². The maximum Gasteiger partial charge on any atom is 0.128 e. The predicted molar refractivity (Wildman–Crippen MR) is 339 cm³/mol. The zero-order valence-corrected chi connectivity index (χ0v) is 50.3. The van der Waals surface area contributed by atoms with Crippen LogP contribution >= 0.6 is 0 Å². The van der Waals surface area contributed by atoms with Crippen LogP contribution in [0.15, 0.2) is 170 Å². The molecule has 0 radical (unpaired) electrons. The Morgan fingerprint density at radius 1 is 0.170 bits per heavy atom. The average molecular weight is 1190 g/mol. The first kappa shape index (κ1) is 62.2. The quantitative estimate of drug-likeness (QED) is 0.166. The number of benzene rings is 8. The summed E-state index contributed by atoms with van der Waals surface area (Å²) in [6.07, 6.45) is 0.843. The number of hydrogen-bond donors (Lipinski definition) is 0. The summed E-state index contributed by atoms with van der Waals surface area (Å²) in [4.78, 5) is 0. The summed E-state index contributed by atoms with van der Waals surface area (Å²) in [5, 5.41) is 0. The van der Waals surface area contributed by atoms with Gasteiger partial charge in [0.2, 0.25) is 0 Å². The van der Waals surface area contributed by atoms with E-state index in [1.807, 2.05) is 24.3 Å². The van der Waals surface area contributed by atoms with E-state index in [1.165, 1.54) is 0 Å². The Bertz CT molecular complexity index is 2950. The molecular weight excluding hydrogens is 1110 g/mol. The van der Waals surface area contributed by atoms with Gasteiger partial charge in [0.15, 0.2) is 0 Å². The summed E-state index contributed by atoms with van der Waals surface area (Å²) < 4.78 is 90.4. The van der Waals surface area contributed by atoms with E-state index in [0.29, 0.717) is 142 Å². The van der Waals surface area contributed by atoms with Crippen LogP contribution in [0.3, 0.4) is 0 Å². The van der Waals surface area contributed by atoms with Crippen molar-refractivity contribution in [3.8, 4) is 67.5 Å². The molecule has 0 aliphatic carbocycles. The van der Waals surface area contributed by atoms with Crippen molar-refractivity contribution in [2.75, 3.05) is 132 Å². The molecule has 3 aliphatic heterocycles. The van der Waals surface area contributed by atoms with E-state index in [4.69, 9.17) is 66.3 Å². The number of ether oxygens (including phenoxy) is 14. The van der Waals surface area contributed by atoms with Crippen molar-refractivity contribution < 1.29 is 66.3 Å². The third kappa shape index (κ3) is 17.9. The molecular formula is C74H80O14. The lowest BCUT2D eigenvalue weighted by Crippen LogP contribution is -2.16. The van der Waals surface area contributed by atoms with Gasteiger partial charge in [0.1, 0.15) is 49.4 Å². The van der Waals surface area contributed by atoms with Crippen molar-refractivity contribution >= 4 is 0 Å². The van der Waals surface area contributed by atoms with Crippen molar-refractivity contribution in [3.63, 3.8) is 0 Å². The van der Waals surface area contributed by atoms with Gasteiger partial charge in [-0.1, -0.05) is 121 Å². The van der Waals surface area contributed by atoms with E-state index in [-0.39, 0.29) is 52.9 Å². The van der Waals surface area contributed by atoms with Gasteiger partial charge in [0.25, 0.3) is 0 Å². The van der Waals surface area contributed by atoms with Crippen molar-refractivity contribution in [2.45, 2.75) is 39.3 Å². The first-order valence-corrected chi connectivity index (χ1v) is 30.8. The molecule has 0 spiro atoms. The van der Waals surface area contributed by atoms with Crippen LogP contribution in [0.1, 0.15) is 44.5 Å². The van der Waals surface area contributed by atoms with Crippen LogP contribution in [0.4, 0.5) is 0 Å². The molecule has 14 nitrogen and oxygen atoms in total. The first-order chi connectivity index (χ1) is 43.7. The highest BCUT2D eigenvalue weighted by Gasteiger charge is 2.24. The Morgan fingerprint density at radius 2 is 0.352 bits per heavy atom. The largest absolute Gasteiger partial charge is 0.491 e. The van der Waals surface area contributed by atoms with Crippen LogP contribution in [-0.2, 0) is 86.6 Å². The van der Waals surface area contributed by atoms with Crippen molar-refractivity contribution in [1.82, 2.24) is 0 Å². The molecule has 14 heteroatoms.